The molecule has 1 saturated heterocycles. The molecule has 2 rings (SSSR count). The molecule has 1 aliphatic rings. The first kappa shape index (κ1) is 13.8. The van der Waals surface area contributed by atoms with Crippen LogP contribution >= 0.6 is 0 Å². The highest BCUT2D eigenvalue weighted by Crippen LogP contribution is 2.06. The van der Waals surface area contributed by atoms with Crippen LogP contribution in [0.15, 0.2) is 24.3 Å². The summed E-state index contributed by atoms with van der Waals surface area (Å²) in [6.45, 7) is 3.12. The second-order valence-electron chi connectivity index (χ2n) is 4.98. The molecule has 1 aromatic rings. The number of hydrogen-bond acceptors (Lipinski definition) is 4. The number of morpholine rings is 1. The number of nitrogen functional groups attached to an aromatic ring is 1. The zero-order chi connectivity index (χ0) is 13.7. The van der Waals surface area contributed by atoms with Gasteiger partial charge in [-0.25, -0.2) is 0 Å². The molecule has 5 nitrogen and oxygen atoms in total. The number of likely N-dealkylation sites (N-methyl/N-ethyl adjacent to an activating group) is 1. The molecule has 3 N–H and O–H groups in total. The lowest BCUT2D eigenvalue weighted by atomic mass is 10.1. The third-order valence-corrected chi connectivity index (χ3v) is 3.21. The molecule has 5 heteroatoms. The number of hydrogen-bond donors (Lipinski definition) is 2. The molecule has 0 aliphatic carbocycles. The molecule has 1 atom stereocenters. The molecule has 1 amide bonds. The Morgan fingerprint density at radius 1 is 1.47 bits per heavy atom. The van der Waals surface area contributed by atoms with Gasteiger partial charge in [0.25, 0.3) is 0 Å². The highest BCUT2D eigenvalue weighted by Gasteiger charge is 2.18. The minimum Gasteiger partial charge on any atom is -0.399 e. The number of anilines is 1. The van der Waals surface area contributed by atoms with Gasteiger partial charge in [-0.2, -0.15) is 0 Å². The lowest BCUT2D eigenvalue weighted by Gasteiger charge is -2.30. The van der Waals surface area contributed by atoms with Crippen LogP contribution in [-0.4, -0.2) is 50.2 Å². The summed E-state index contributed by atoms with van der Waals surface area (Å²) in [5.74, 6) is 0.0154. The van der Waals surface area contributed by atoms with Crippen molar-refractivity contribution in [1.82, 2.24) is 10.2 Å². The fourth-order valence-corrected chi connectivity index (χ4v) is 2.10. The van der Waals surface area contributed by atoms with Crippen LogP contribution < -0.4 is 11.1 Å². The Kier molecular flexibility index (Phi) is 4.76. The number of carbonyl (C=O) groups excluding carboxylic acids is 1. The minimum atomic E-state index is 0.0154. The van der Waals surface area contributed by atoms with Crippen LogP contribution in [0.5, 0.6) is 0 Å². The van der Waals surface area contributed by atoms with E-state index in [0.717, 1.165) is 25.3 Å². The van der Waals surface area contributed by atoms with Gasteiger partial charge in [-0.15, -0.1) is 0 Å². The number of ether oxygens (including phenoxy) is 1. The van der Waals surface area contributed by atoms with Crippen molar-refractivity contribution >= 4 is 11.6 Å². The van der Waals surface area contributed by atoms with Gasteiger partial charge in [-0.1, -0.05) is 12.1 Å². The maximum absolute atomic E-state index is 11.8. The fourth-order valence-electron chi connectivity index (χ4n) is 2.10. The second kappa shape index (κ2) is 6.54. The van der Waals surface area contributed by atoms with Crippen LogP contribution in [0.25, 0.3) is 0 Å². The number of benzene rings is 1. The first-order valence-electron chi connectivity index (χ1n) is 6.55. The van der Waals surface area contributed by atoms with Crippen molar-refractivity contribution in [3.8, 4) is 0 Å². The molecule has 1 aromatic carbocycles. The lowest BCUT2D eigenvalue weighted by Crippen LogP contribution is -2.46. The maximum atomic E-state index is 11.8. The predicted octanol–water partition coefficient (Wildman–Crippen LogP) is 0.258. The molecular weight excluding hydrogens is 242 g/mol. The molecule has 1 heterocycles. The van der Waals surface area contributed by atoms with Crippen molar-refractivity contribution in [2.45, 2.75) is 12.5 Å². The van der Waals surface area contributed by atoms with E-state index < -0.39 is 0 Å². The van der Waals surface area contributed by atoms with Gasteiger partial charge >= 0.3 is 0 Å². The van der Waals surface area contributed by atoms with Crippen LogP contribution in [0.4, 0.5) is 5.69 Å². The van der Waals surface area contributed by atoms with Gasteiger partial charge in [-0.3, -0.25) is 4.79 Å². The number of carbonyl (C=O) groups is 1. The van der Waals surface area contributed by atoms with Crippen molar-refractivity contribution in [1.29, 1.82) is 0 Å². The van der Waals surface area contributed by atoms with Crippen molar-refractivity contribution in [3.63, 3.8) is 0 Å². The van der Waals surface area contributed by atoms with Crippen molar-refractivity contribution < 1.29 is 9.53 Å². The lowest BCUT2D eigenvalue weighted by molar-refractivity contribution is -0.121. The monoisotopic (exact) mass is 263 g/mol. The Balaban J connectivity index is 1.73. The summed E-state index contributed by atoms with van der Waals surface area (Å²) < 4.78 is 5.59. The molecule has 1 aliphatic heterocycles. The Hall–Kier alpha value is -1.59. The van der Waals surface area contributed by atoms with Crippen molar-refractivity contribution in [2.75, 3.05) is 39.0 Å². The second-order valence-corrected chi connectivity index (χ2v) is 4.98. The molecule has 0 bridgehead atoms. The number of amides is 1. The van der Waals surface area contributed by atoms with Crippen LogP contribution in [0.3, 0.4) is 0 Å². The SMILES string of the molecule is CN1CCOC(CNC(=O)Cc2ccc(N)cc2)C1. The molecular formula is C14H21N3O2. The van der Waals surface area contributed by atoms with Gasteiger partial charge in [-0.05, 0) is 24.7 Å². The van der Waals surface area contributed by atoms with Crippen LogP contribution in [0, 0.1) is 0 Å². The molecule has 104 valence electrons. The summed E-state index contributed by atoms with van der Waals surface area (Å²) in [6.07, 6.45) is 0.470. The summed E-state index contributed by atoms with van der Waals surface area (Å²) in [6, 6.07) is 7.36. The average molecular weight is 263 g/mol. The summed E-state index contributed by atoms with van der Waals surface area (Å²) in [5, 5.41) is 2.91. The van der Waals surface area contributed by atoms with Crippen LogP contribution in [-0.2, 0) is 16.0 Å². The highest BCUT2D eigenvalue weighted by molar-refractivity contribution is 5.78. The van der Waals surface area contributed by atoms with Gasteiger partial charge in [0.2, 0.25) is 5.91 Å². The van der Waals surface area contributed by atoms with Gasteiger partial charge < -0.3 is 20.7 Å². The zero-order valence-corrected chi connectivity index (χ0v) is 11.3. The molecule has 0 spiro atoms. The minimum absolute atomic E-state index is 0.0154. The van der Waals surface area contributed by atoms with E-state index in [9.17, 15) is 4.79 Å². The molecule has 19 heavy (non-hydrogen) atoms. The molecule has 0 aromatic heterocycles. The van der Waals surface area contributed by atoms with Gasteiger partial charge in [0, 0.05) is 25.3 Å². The topological polar surface area (TPSA) is 67.6 Å². The van der Waals surface area contributed by atoms with Gasteiger partial charge in [0.1, 0.15) is 0 Å². The number of nitrogens with one attached hydrogen (secondary N) is 1. The maximum Gasteiger partial charge on any atom is 0.224 e. The van der Waals surface area contributed by atoms with E-state index >= 15 is 0 Å². The van der Waals surface area contributed by atoms with Gasteiger partial charge in [0.15, 0.2) is 0 Å². The van der Waals surface area contributed by atoms with E-state index in [-0.39, 0.29) is 12.0 Å². The third-order valence-electron chi connectivity index (χ3n) is 3.21. The normalized spacial score (nSPS) is 20.2. The average Bonchev–Trinajstić information content (AvgIpc) is 2.39. The Morgan fingerprint density at radius 2 is 2.21 bits per heavy atom. The standard InChI is InChI=1S/C14H21N3O2/c1-17-6-7-19-13(10-17)9-16-14(18)8-11-2-4-12(15)5-3-11/h2-5,13H,6-10,15H2,1H3,(H,16,18). The number of nitrogens with two attached hydrogens (primary N) is 1. The molecule has 0 radical (unpaired) electrons. The molecule has 1 fully saturated rings. The fraction of sp³-hybridized carbons (Fsp3) is 0.500. The van der Waals surface area contributed by atoms with Gasteiger partial charge in [0.05, 0.1) is 19.1 Å². The summed E-state index contributed by atoms with van der Waals surface area (Å²) in [4.78, 5) is 14.0. The largest absolute Gasteiger partial charge is 0.399 e. The van der Waals surface area contributed by atoms with Crippen LogP contribution in [0.1, 0.15) is 5.56 Å². The quantitative estimate of drug-likeness (QED) is 0.765. The zero-order valence-electron chi connectivity index (χ0n) is 11.3. The summed E-state index contributed by atoms with van der Waals surface area (Å²) in [5.41, 5.74) is 7.28. The van der Waals surface area contributed by atoms with E-state index in [4.69, 9.17) is 10.5 Å². The first-order chi connectivity index (χ1) is 9.13. The predicted molar refractivity (Wildman–Crippen MR) is 74.8 cm³/mol. The van der Waals surface area contributed by atoms with E-state index in [0.29, 0.717) is 18.7 Å². The third kappa shape index (κ3) is 4.54. The Labute approximate surface area is 113 Å². The molecule has 1 unspecified atom stereocenters. The Morgan fingerprint density at radius 3 is 2.89 bits per heavy atom. The number of nitrogens with zero attached hydrogens (tertiary/aromatic N) is 1. The van der Waals surface area contributed by atoms with Crippen molar-refractivity contribution in [3.05, 3.63) is 29.8 Å². The summed E-state index contributed by atoms with van der Waals surface area (Å²) >= 11 is 0. The Bertz CT molecular complexity index is 419. The van der Waals surface area contributed by atoms with E-state index in [2.05, 4.69) is 17.3 Å². The number of rotatable bonds is 4. The van der Waals surface area contributed by atoms with E-state index in [1.54, 1.807) is 0 Å². The first-order valence-corrected chi connectivity index (χ1v) is 6.55. The highest BCUT2D eigenvalue weighted by atomic mass is 16.5. The molecule has 0 saturated carbocycles. The smallest absolute Gasteiger partial charge is 0.224 e. The van der Waals surface area contributed by atoms with E-state index in [1.807, 2.05) is 24.3 Å². The van der Waals surface area contributed by atoms with E-state index in [1.165, 1.54) is 0 Å². The van der Waals surface area contributed by atoms with Crippen molar-refractivity contribution in [2.24, 2.45) is 0 Å². The van der Waals surface area contributed by atoms with Crippen LogP contribution in [0.2, 0.25) is 0 Å². The summed E-state index contributed by atoms with van der Waals surface area (Å²) in [7, 11) is 2.06.